The molecule has 0 amide bonds. The van der Waals surface area contributed by atoms with Crippen LogP contribution < -0.4 is 4.90 Å². The third kappa shape index (κ3) is 4.41. The Kier molecular flexibility index (Phi) is 6.20. The van der Waals surface area contributed by atoms with Crippen molar-refractivity contribution in [1.29, 1.82) is 5.26 Å². The van der Waals surface area contributed by atoms with Crippen molar-refractivity contribution in [2.45, 2.75) is 29.7 Å². The summed E-state index contributed by atoms with van der Waals surface area (Å²) >= 11 is 6.09. The van der Waals surface area contributed by atoms with Gasteiger partial charge in [-0.1, -0.05) is 23.7 Å². The number of hydrogen-bond acceptors (Lipinski definition) is 9. The summed E-state index contributed by atoms with van der Waals surface area (Å²) in [6, 6.07) is 8.02. The van der Waals surface area contributed by atoms with Gasteiger partial charge in [-0.15, -0.1) is 0 Å². The lowest BCUT2D eigenvalue weighted by atomic mass is 10.3. The Labute approximate surface area is 172 Å². The zero-order valence-corrected chi connectivity index (χ0v) is 16.9. The third-order valence-corrected chi connectivity index (χ3v) is 6.95. The van der Waals surface area contributed by atoms with Crippen molar-refractivity contribution in [3.05, 3.63) is 47.4 Å². The molecule has 0 N–H and O–H groups in total. The predicted octanol–water partition coefficient (Wildman–Crippen LogP) is 2.55. The number of sulfone groups is 1. The molecule has 2 atom stereocenters. The lowest BCUT2D eigenvalue weighted by Crippen LogP contribution is -2.35. The fraction of sp³-hybridized carbons (Fsp3) is 0.333. The van der Waals surface area contributed by atoms with Crippen LogP contribution >= 0.6 is 11.6 Å². The maximum Gasteiger partial charge on any atom is 0.510 e. The van der Waals surface area contributed by atoms with E-state index in [4.69, 9.17) is 26.3 Å². The van der Waals surface area contributed by atoms with Gasteiger partial charge in [0.1, 0.15) is 6.07 Å². The van der Waals surface area contributed by atoms with Gasteiger partial charge in [-0.3, -0.25) is 4.98 Å². The number of carbonyl (C=O) groups is 1. The van der Waals surface area contributed by atoms with Crippen LogP contribution in [-0.4, -0.2) is 49.2 Å². The van der Waals surface area contributed by atoms with E-state index in [1.807, 2.05) is 6.07 Å². The van der Waals surface area contributed by atoms with Gasteiger partial charge < -0.3 is 14.4 Å². The molecule has 0 saturated carbocycles. The molecule has 1 saturated heterocycles. The summed E-state index contributed by atoms with van der Waals surface area (Å²) in [5.41, 5.74) is 0.0507. The molecule has 0 bridgehead atoms. The monoisotopic (exact) mass is 436 g/mol. The Balaban J connectivity index is 1.95. The van der Waals surface area contributed by atoms with E-state index in [2.05, 4.69) is 9.97 Å². The average Bonchev–Trinajstić information content (AvgIpc) is 3.13. The van der Waals surface area contributed by atoms with Crippen LogP contribution in [-0.2, 0) is 19.3 Å². The summed E-state index contributed by atoms with van der Waals surface area (Å²) < 4.78 is 36.4. The van der Waals surface area contributed by atoms with Crippen molar-refractivity contribution in [2.24, 2.45) is 0 Å². The van der Waals surface area contributed by atoms with Gasteiger partial charge in [-0.05, 0) is 19.1 Å². The molecule has 0 unspecified atom stereocenters. The molecule has 29 heavy (non-hydrogen) atoms. The molecule has 11 heteroatoms. The van der Waals surface area contributed by atoms with Crippen molar-refractivity contribution < 1.29 is 22.7 Å². The van der Waals surface area contributed by atoms with Gasteiger partial charge >= 0.3 is 6.16 Å². The Morgan fingerprint density at radius 2 is 2.14 bits per heavy atom. The van der Waals surface area contributed by atoms with Gasteiger partial charge in [0.25, 0.3) is 0 Å². The molecule has 1 aromatic carbocycles. The molecule has 1 aromatic heterocycles. The van der Waals surface area contributed by atoms with Crippen LogP contribution in [0.2, 0.25) is 5.02 Å². The van der Waals surface area contributed by atoms with Gasteiger partial charge in [0, 0.05) is 13.0 Å². The second-order valence-electron chi connectivity index (χ2n) is 6.12. The Bertz CT molecular complexity index is 1060. The first-order valence-corrected chi connectivity index (χ1v) is 10.6. The minimum atomic E-state index is -3.83. The van der Waals surface area contributed by atoms with E-state index in [-0.39, 0.29) is 41.0 Å². The summed E-state index contributed by atoms with van der Waals surface area (Å²) in [7, 11) is -3.83. The van der Waals surface area contributed by atoms with Crippen molar-refractivity contribution in [2.75, 3.05) is 18.1 Å². The first-order chi connectivity index (χ1) is 13.9. The molecule has 3 rings (SSSR count). The smallest absolute Gasteiger partial charge is 0.435 e. The number of aromatic nitrogens is 2. The summed E-state index contributed by atoms with van der Waals surface area (Å²) in [4.78, 5) is 21.4. The Hall–Kier alpha value is -2.90. The number of hydrogen-bond donors (Lipinski definition) is 0. The van der Waals surface area contributed by atoms with E-state index >= 15 is 0 Å². The van der Waals surface area contributed by atoms with Crippen LogP contribution in [0.25, 0.3) is 0 Å². The maximum atomic E-state index is 13.1. The number of benzene rings is 1. The molecule has 1 aliphatic rings. The minimum Gasteiger partial charge on any atom is -0.435 e. The number of anilines is 1. The summed E-state index contributed by atoms with van der Waals surface area (Å²) in [6.07, 6.45) is 0.735. The standard InChI is InChI=1S/C18H17ClN4O5S/c1-2-27-18(24)28-17-7-13(29(25,26)15-6-4-3-5-14(15)19)11-23(17)16-10-21-9-12(8-20)22-16/h3-6,9-10,13,17H,2,7,11H2,1H3/t13-,17+/m0/s1. The molecular weight excluding hydrogens is 420 g/mol. The normalized spacial score (nSPS) is 18.9. The second-order valence-corrected chi connectivity index (χ2v) is 8.72. The first kappa shape index (κ1) is 20.8. The van der Waals surface area contributed by atoms with E-state index in [0.717, 1.165) is 0 Å². The zero-order chi connectivity index (χ0) is 21.0. The predicted molar refractivity (Wildman–Crippen MR) is 103 cm³/mol. The van der Waals surface area contributed by atoms with Crippen molar-refractivity contribution in [3.63, 3.8) is 0 Å². The number of nitrogens with zero attached hydrogens (tertiary/aromatic N) is 4. The first-order valence-electron chi connectivity index (χ1n) is 8.67. The highest BCUT2D eigenvalue weighted by atomic mass is 35.5. The van der Waals surface area contributed by atoms with Crippen LogP contribution in [0.15, 0.2) is 41.6 Å². The van der Waals surface area contributed by atoms with Crippen molar-refractivity contribution in [3.8, 4) is 6.07 Å². The van der Waals surface area contributed by atoms with Crippen molar-refractivity contribution >= 4 is 33.4 Å². The summed E-state index contributed by atoms with van der Waals surface area (Å²) in [5, 5.41) is 8.25. The molecule has 1 fully saturated rings. The fourth-order valence-corrected chi connectivity index (χ4v) is 5.21. The topological polar surface area (TPSA) is 122 Å². The number of nitriles is 1. The number of ether oxygens (including phenoxy) is 2. The molecular formula is C18H17ClN4O5S. The minimum absolute atomic E-state index is 0.000242. The summed E-state index contributed by atoms with van der Waals surface area (Å²) in [6.45, 7) is 1.71. The molecule has 152 valence electrons. The largest absolute Gasteiger partial charge is 0.510 e. The van der Waals surface area contributed by atoms with Crippen molar-refractivity contribution in [1.82, 2.24) is 9.97 Å². The Morgan fingerprint density at radius 3 is 2.83 bits per heavy atom. The van der Waals surface area contributed by atoms with Crippen LogP contribution in [0.1, 0.15) is 19.0 Å². The summed E-state index contributed by atoms with van der Waals surface area (Å²) in [5.74, 6) is 0.218. The molecule has 1 aliphatic heterocycles. The average molecular weight is 437 g/mol. The second kappa shape index (κ2) is 8.63. The zero-order valence-electron chi connectivity index (χ0n) is 15.4. The highest BCUT2D eigenvalue weighted by Gasteiger charge is 2.43. The fourth-order valence-electron chi connectivity index (χ4n) is 3.01. The Morgan fingerprint density at radius 1 is 1.38 bits per heavy atom. The number of rotatable bonds is 5. The lowest BCUT2D eigenvalue weighted by molar-refractivity contribution is 0.0296. The van der Waals surface area contributed by atoms with Crippen LogP contribution in [0.3, 0.4) is 0 Å². The highest BCUT2D eigenvalue weighted by Crippen LogP contribution is 2.34. The third-order valence-electron chi connectivity index (χ3n) is 4.32. The number of carbonyl (C=O) groups excluding carboxylic acids is 1. The number of halogens is 1. The molecule has 0 aliphatic carbocycles. The van der Waals surface area contributed by atoms with Gasteiger partial charge in [-0.2, -0.15) is 5.26 Å². The molecule has 9 nitrogen and oxygen atoms in total. The maximum absolute atomic E-state index is 13.1. The molecule has 0 spiro atoms. The highest BCUT2D eigenvalue weighted by molar-refractivity contribution is 7.92. The SMILES string of the molecule is CCOC(=O)O[C@@H]1C[C@H](S(=O)(=O)c2ccccc2Cl)CN1c1cncc(C#N)n1. The van der Waals surface area contributed by atoms with Gasteiger partial charge in [0.15, 0.2) is 27.6 Å². The van der Waals surface area contributed by atoms with E-state index in [9.17, 15) is 13.2 Å². The molecule has 0 radical (unpaired) electrons. The van der Waals surface area contributed by atoms with Gasteiger partial charge in [-0.25, -0.2) is 18.2 Å². The molecule has 2 aromatic rings. The van der Waals surface area contributed by atoms with E-state index in [1.165, 1.54) is 29.4 Å². The van der Waals surface area contributed by atoms with Crippen LogP contribution in [0.5, 0.6) is 0 Å². The van der Waals surface area contributed by atoms with E-state index in [1.54, 1.807) is 19.1 Å². The van der Waals surface area contributed by atoms with Crippen LogP contribution in [0, 0.1) is 11.3 Å². The van der Waals surface area contributed by atoms with E-state index in [0.29, 0.717) is 0 Å². The van der Waals surface area contributed by atoms with Crippen LogP contribution in [0.4, 0.5) is 10.6 Å². The molecule has 2 heterocycles. The lowest BCUT2D eigenvalue weighted by Gasteiger charge is -2.24. The van der Waals surface area contributed by atoms with E-state index < -0.39 is 27.5 Å². The quantitative estimate of drug-likeness (QED) is 0.650. The van der Waals surface area contributed by atoms with Gasteiger partial charge in [0.05, 0.1) is 34.2 Å². The van der Waals surface area contributed by atoms with Gasteiger partial charge in [0.2, 0.25) is 0 Å².